The molecule has 0 aliphatic carbocycles. The molecule has 0 saturated carbocycles. The molecule has 5 heteroatoms. The lowest BCUT2D eigenvalue weighted by atomic mass is 9.99. The lowest BCUT2D eigenvalue weighted by Crippen LogP contribution is -2.19. The highest BCUT2D eigenvalue weighted by molar-refractivity contribution is 7.11. The van der Waals surface area contributed by atoms with E-state index in [1.807, 2.05) is 13.8 Å². The average molecular weight is 303 g/mol. The first-order valence-electron chi connectivity index (χ1n) is 7.37. The fraction of sp³-hybridized carbons (Fsp3) is 0.438. The second-order valence-electron chi connectivity index (χ2n) is 5.71. The molecule has 0 bridgehead atoms. The summed E-state index contributed by atoms with van der Waals surface area (Å²) in [6.07, 6.45) is 1.26. The molecule has 1 fully saturated rings. The molecule has 0 spiro atoms. The molecule has 2 N–H and O–H groups in total. The maximum Gasteiger partial charge on any atom is 0.198 e. The molecular weight excluding hydrogens is 282 g/mol. The van der Waals surface area contributed by atoms with Gasteiger partial charge in [-0.25, -0.2) is 0 Å². The highest BCUT2D eigenvalue weighted by atomic mass is 32.1. The summed E-state index contributed by atoms with van der Waals surface area (Å²) in [5.41, 5.74) is 7.36. The van der Waals surface area contributed by atoms with Gasteiger partial charge in [0.1, 0.15) is 0 Å². The first-order chi connectivity index (χ1) is 10.1. The van der Waals surface area contributed by atoms with Gasteiger partial charge in [0.2, 0.25) is 0 Å². The SMILES string of the molecule is CC(C)Oc1c(N)nsc1N1CCC(c2ccccc2)C1. The molecule has 1 unspecified atom stereocenters. The van der Waals surface area contributed by atoms with Crippen molar-refractivity contribution >= 4 is 22.4 Å². The van der Waals surface area contributed by atoms with Gasteiger partial charge in [-0.2, -0.15) is 4.37 Å². The van der Waals surface area contributed by atoms with Crippen molar-refractivity contribution in [3.8, 4) is 5.75 Å². The summed E-state index contributed by atoms with van der Waals surface area (Å²) in [5, 5.41) is 1.07. The number of aromatic nitrogens is 1. The van der Waals surface area contributed by atoms with Gasteiger partial charge in [-0.05, 0) is 37.4 Å². The van der Waals surface area contributed by atoms with Crippen LogP contribution in [-0.4, -0.2) is 23.6 Å². The summed E-state index contributed by atoms with van der Waals surface area (Å²) in [5.74, 6) is 1.83. The van der Waals surface area contributed by atoms with E-state index in [4.69, 9.17) is 10.5 Å². The summed E-state index contributed by atoms with van der Waals surface area (Å²) in [7, 11) is 0. The number of hydrogen-bond acceptors (Lipinski definition) is 5. The zero-order valence-corrected chi connectivity index (χ0v) is 13.3. The Hall–Kier alpha value is -1.75. The van der Waals surface area contributed by atoms with Crippen LogP contribution >= 0.6 is 11.5 Å². The zero-order chi connectivity index (χ0) is 14.8. The van der Waals surface area contributed by atoms with E-state index in [-0.39, 0.29) is 6.10 Å². The van der Waals surface area contributed by atoms with E-state index in [0.29, 0.717) is 11.7 Å². The topological polar surface area (TPSA) is 51.4 Å². The van der Waals surface area contributed by atoms with Gasteiger partial charge in [0.15, 0.2) is 16.6 Å². The maximum atomic E-state index is 5.95. The monoisotopic (exact) mass is 303 g/mol. The van der Waals surface area contributed by atoms with Crippen molar-refractivity contribution in [1.29, 1.82) is 0 Å². The third kappa shape index (κ3) is 2.97. The van der Waals surface area contributed by atoms with Gasteiger partial charge in [0.25, 0.3) is 0 Å². The Morgan fingerprint density at radius 1 is 1.33 bits per heavy atom. The summed E-state index contributed by atoms with van der Waals surface area (Å²) < 4.78 is 10.1. The number of anilines is 2. The van der Waals surface area contributed by atoms with Gasteiger partial charge < -0.3 is 15.4 Å². The number of nitrogens with two attached hydrogens (primary N) is 1. The van der Waals surface area contributed by atoms with Crippen LogP contribution in [0.25, 0.3) is 0 Å². The van der Waals surface area contributed by atoms with Crippen LogP contribution in [0.4, 0.5) is 10.8 Å². The Kier molecular flexibility index (Phi) is 4.01. The van der Waals surface area contributed by atoms with E-state index in [1.165, 1.54) is 17.1 Å². The number of nitrogens with zero attached hydrogens (tertiary/aromatic N) is 2. The Morgan fingerprint density at radius 2 is 2.10 bits per heavy atom. The predicted molar refractivity (Wildman–Crippen MR) is 88.3 cm³/mol. The second kappa shape index (κ2) is 5.93. The minimum atomic E-state index is 0.106. The standard InChI is InChI=1S/C16H21N3OS/c1-11(2)20-14-15(17)18-21-16(14)19-9-8-13(10-19)12-6-4-3-5-7-12/h3-7,11,13H,8-10H2,1-2H3,(H2,17,18). The molecule has 2 heterocycles. The van der Waals surface area contributed by atoms with E-state index in [1.54, 1.807) is 0 Å². The van der Waals surface area contributed by atoms with Crippen molar-refractivity contribution in [1.82, 2.24) is 4.37 Å². The van der Waals surface area contributed by atoms with Crippen molar-refractivity contribution in [2.45, 2.75) is 32.3 Å². The van der Waals surface area contributed by atoms with Crippen molar-refractivity contribution in [3.05, 3.63) is 35.9 Å². The first-order valence-corrected chi connectivity index (χ1v) is 8.14. The molecule has 1 aliphatic heterocycles. The lowest BCUT2D eigenvalue weighted by molar-refractivity contribution is 0.245. The molecule has 21 heavy (non-hydrogen) atoms. The summed E-state index contributed by atoms with van der Waals surface area (Å²) >= 11 is 1.44. The van der Waals surface area contributed by atoms with Crippen molar-refractivity contribution < 1.29 is 4.74 Å². The fourth-order valence-electron chi connectivity index (χ4n) is 2.77. The smallest absolute Gasteiger partial charge is 0.198 e. The number of benzene rings is 1. The summed E-state index contributed by atoms with van der Waals surface area (Å²) in [6, 6.07) is 10.7. The number of nitrogen functional groups attached to an aromatic ring is 1. The van der Waals surface area contributed by atoms with E-state index in [9.17, 15) is 0 Å². The average Bonchev–Trinajstić information content (AvgIpc) is 3.08. The molecular formula is C16H21N3OS. The molecule has 4 nitrogen and oxygen atoms in total. The molecule has 1 aromatic carbocycles. The molecule has 112 valence electrons. The van der Waals surface area contributed by atoms with Gasteiger partial charge in [-0.1, -0.05) is 30.3 Å². The van der Waals surface area contributed by atoms with Crippen molar-refractivity contribution in [2.24, 2.45) is 0 Å². The zero-order valence-electron chi connectivity index (χ0n) is 12.5. The molecule has 1 aliphatic rings. The van der Waals surface area contributed by atoms with Gasteiger partial charge in [-0.3, -0.25) is 0 Å². The molecule has 1 atom stereocenters. The highest BCUT2D eigenvalue weighted by Crippen LogP contribution is 2.42. The quantitative estimate of drug-likeness (QED) is 0.939. The number of ether oxygens (including phenoxy) is 1. The highest BCUT2D eigenvalue weighted by Gasteiger charge is 2.28. The van der Waals surface area contributed by atoms with Crippen LogP contribution in [0.15, 0.2) is 30.3 Å². The lowest BCUT2D eigenvalue weighted by Gasteiger charge is -2.19. The van der Waals surface area contributed by atoms with E-state index >= 15 is 0 Å². The van der Waals surface area contributed by atoms with E-state index in [0.717, 1.165) is 30.3 Å². The summed E-state index contributed by atoms with van der Waals surface area (Å²) in [4.78, 5) is 2.35. The van der Waals surface area contributed by atoms with Crippen LogP contribution in [0, 0.1) is 0 Å². The Bertz CT molecular complexity index is 597. The molecule has 0 radical (unpaired) electrons. The van der Waals surface area contributed by atoms with Gasteiger partial charge in [-0.15, -0.1) is 0 Å². The Balaban J connectivity index is 1.77. The van der Waals surface area contributed by atoms with Crippen LogP contribution < -0.4 is 15.4 Å². The maximum absolute atomic E-state index is 5.95. The normalized spacial score (nSPS) is 18.4. The largest absolute Gasteiger partial charge is 0.484 e. The summed E-state index contributed by atoms with van der Waals surface area (Å²) in [6.45, 7) is 6.05. The molecule has 0 amide bonds. The number of rotatable bonds is 4. The minimum absolute atomic E-state index is 0.106. The minimum Gasteiger partial charge on any atom is -0.484 e. The van der Waals surface area contributed by atoms with Gasteiger partial charge in [0, 0.05) is 19.0 Å². The Labute approximate surface area is 129 Å². The molecule has 3 rings (SSSR count). The van der Waals surface area contributed by atoms with E-state index < -0.39 is 0 Å². The first kappa shape index (κ1) is 14.2. The fourth-order valence-corrected chi connectivity index (χ4v) is 3.56. The second-order valence-corrected chi connectivity index (χ2v) is 6.46. The van der Waals surface area contributed by atoms with Crippen LogP contribution in [0.1, 0.15) is 31.7 Å². The Morgan fingerprint density at radius 3 is 2.81 bits per heavy atom. The van der Waals surface area contributed by atoms with Gasteiger partial charge >= 0.3 is 0 Å². The number of hydrogen-bond donors (Lipinski definition) is 1. The van der Waals surface area contributed by atoms with Crippen LogP contribution in [-0.2, 0) is 0 Å². The van der Waals surface area contributed by atoms with Crippen molar-refractivity contribution in [3.63, 3.8) is 0 Å². The molecule has 2 aromatic rings. The third-order valence-electron chi connectivity index (χ3n) is 3.76. The third-order valence-corrected chi connectivity index (χ3v) is 4.66. The molecule has 1 saturated heterocycles. The van der Waals surface area contributed by atoms with Gasteiger partial charge in [0.05, 0.1) is 6.10 Å². The van der Waals surface area contributed by atoms with Crippen LogP contribution in [0.2, 0.25) is 0 Å². The predicted octanol–water partition coefficient (Wildman–Crippen LogP) is 3.51. The molecule has 1 aromatic heterocycles. The van der Waals surface area contributed by atoms with E-state index in [2.05, 4.69) is 39.6 Å². The van der Waals surface area contributed by atoms with Crippen molar-refractivity contribution in [2.75, 3.05) is 23.7 Å². The van der Waals surface area contributed by atoms with Crippen LogP contribution in [0.3, 0.4) is 0 Å². The van der Waals surface area contributed by atoms with Crippen LogP contribution in [0.5, 0.6) is 5.75 Å².